The van der Waals surface area contributed by atoms with Crippen LogP contribution in [0.1, 0.15) is 44.6 Å². The summed E-state index contributed by atoms with van der Waals surface area (Å²) in [5.74, 6) is 0.578. The minimum Gasteiger partial charge on any atom is -0.425 e. The number of ether oxygens (including phenoxy) is 1. The summed E-state index contributed by atoms with van der Waals surface area (Å²) in [6.45, 7) is 4.24. The number of benzene rings is 3. The Morgan fingerprint density at radius 1 is 0.958 bits per heavy atom. The van der Waals surface area contributed by atoms with E-state index in [0.29, 0.717) is 12.2 Å². The van der Waals surface area contributed by atoms with E-state index in [9.17, 15) is 4.79 Å². The number of esters is 1. The zero-order chi connectivity index (χ0) is 16.9. The summed E-state index contributed by atoms with van der Waals surface area (Å²) in [6.07, 6.45) is 4.80. The smallest absolute Gasteiger partial charge is 0.311 e. The number of aryl methyl sites for hydroxylation is 1. The number of carbonyl (C=O) groups excluding carboxylic acids is 1. The van der Waals surface area contributed by atoms with Crippen LogP contribution in [0.5, 0.6) is 5.75 Å². The average molecular weight is 320 g/mol. The Balaban J connectivity index is 1.99. The Labute approximate surface area is 143 Å². The lowest BCUT2D eigenvalue weighted by Gasteiger charge is -2.13. The van der Waals surface area contributed by atoms with Crippen molar-refractivity contribution in [1.82, 2.24) is 0 Å². The Morgan fingerprint density at radius 3 is 2.58 bits per heavy atom. The third-order valence-corrected chi connectivity index (χ3v) is 4.50. The van der Waals surface area contributed by atoms with Crippen molar-refractivity contribution >= 4 is 27.5 Å². The molecule has 3 rings (SSSR count). The van der Waals surface area contributed by atoms with Crippen LogP contribution in [0.4, 0.5) is 0 Å². The first-order valence-electron chi connectivity index (χ1n) is 8.82. The van der Waals surface area contributed by atoms with E-state index in [1.807, 2.05) is 24.3 Å². The van der Waals surface area contributed by atoms with E-state index >= 15 is 0 Å². The minimum absolute atomic E-state index is 0.132. The topological polar surface area (TPSA) is 26.3 Å². The van der Waals surface area contributed by atoms with Gasteiger partial charge in [-0.25, -0.2) is 0 Å². The lowest BCUT2D eigenvalue weighted by atomic mass is 9.99. The molecule has 124 valence electrons. The molecule has 0 aliphatic carbocycles. The number of fused-ring (bicyclic) bond motifs is 2. The second-order valence-corrected chi connectivity index (χ2v) is 6.38. The van der Waals surface area contributed by atoms with E-state index in [1.54, 1.807) is 0 Å². The highest BCUT2D eigenvalue weighted by Crippen LogP contribution is 2.37. The van der Waals surface area contributed by atoms with E-state index < -0.39 is 0 Å². The average Bonchev–Trinajstić information content (AvgIpc) is 2.58. The first kappa shape index (κ1) is 16.5. The van der Waals surface area contributed by atoms with Crippen molar-refractivity contribution in [2.24, 2.45) is 0 Å². The Kier molecular flexibility index (Phi) is 5.14. The van der Waals surface area contributed by atoms with Crippen LogP contribution in [0.3, 0.4) is 0 Å². The van der Waals surface area contributed by atoms with Gasteiger partial charge in [0.1, 0.15) is 5.75 Å². The van der Waals surface area contributed by atoms with Crippen molar-refractivity contribution in [3.63, 3.8) is 0 Å². The molecule has 0 spiro atoms. The number of unbranched alkanes of at least 4 members (excludes halogenated alkanes) is 3. The summed E-state index contributed by atoms with van der Waals surface area (Å²) in [4.78, 5) is 12.4. The fourth-order valence-electron chi connectivity index (χ4n) is 3.22. The largest absolute Gasteiger partial charge is 0.425 e. The normalized spacial score (nSPS) is 11.1. The maximum absolute atomic E-state index is 12.4. The Morgan fingerprint density at radius 2 is 1.75 bits per heavy atom. The molecule has 0 aromatic heterocycles. The summed E-state index contributed by atoms with van der Waals surface area (Å²) in [5, 5.41) is 4.26. The van der Waals surface area contributed by atoms with Crippen molar-refractivity contribution in [3.05, 3.63) is 54.1 Å². The molecule has 0 aliphatic heterocycles. The van der Waals surface area contributed by atoms with Crippen LogP contribution in [0.15, 0.2) is 48.5 Å². The van der Waals surface area contributed by atoms with E-state index in [4.69, 9.17) is 4.74 Å². The van der Waals surface area contributed by atoms with Crippen molar-refractivity contribution in [1.29, 1.82) is 0 Å². The molecule has 0 radical (unpaired) electrons. The predicted octanol–water partition coefficient (Wildman–Crippen LogP) is 6.18. The molecule has 0 fully saturated rings. The van der Waals surface area contributed by atoms with Gasteiger partial charge in [-0.1, -0.05) is 68.7 Å². The fraction of sp³-hybridized carbons (Fsp3) is 0.318. The molecule has 3 aromatic rings. The van der Waals surface area contributed by atoms with Crippen molar-refractivity contribution in [2.45, 2.75) is 46.0 Å². The van der Waals surface area contributed by atoms with Gasteiger partial charge in [-0.15, -0.1) is 0 Å². The monoisotopic (exact) mass is 320 g/mol. The second-order valence-electron chi connectivity index (χ2n) is 6.38. The van der Waals surface area contributed by atoms with Gasteiger partial charge in [0.15, 0.2) is 0 Å². The van der Waals surface area contributed by atoms with Gasteiger partial charge in [-0.3, -0.25) is 4.79 Å². The van der Waals surface area contributed by atoms with Crippen molar-refractivity contribution < 1.29 is 9.53 Å². The van der Waals surface area contributed by atoms with Crippen LogP contribution in [0.25, 0.3) is 21.5 Å². The number of carbonyl (C=O) groups is 1. The standard InChI is InChI=1S/C22H24O2/c1-3-4-5-6-14-20(23)24-22-19-13-8-7-11-17(19)15-18-12-9-10-16(2)21(18)22/h7-13,15H,3-6,14H2,1-2H3. The van der Waals surface area contributed by atoms with Gasteiger partial charge in [0, 0.05) is 17.2 Å². The summed E-state index contributed by atoms with van der Waals surface area (Å²) in [6, 6.07) is 16.4. The van der Waals surface area contributed by atoms with Gasteiger partial charge >= 0.3 is 5.97 Å². The molecule has 0 amide bonds. The van der Waals surface area contributed by atoms with Crippen LogP contribution in [-0.2, 0) is 4.79 Å². The summed E-state index contributed by atoms with van der Waals surface area (Å²) < 4.78 is 5.86. The molecule has 2 heteroatoms. The van der Waals surface area contributed by atoms with Gasteiger partial charge in [0.05, 0.1) is 0 Å². The van der Waals surface area contributed by atoms with E-state index in [0.717, 1.165) is 39.9 Å². The molecule has 0 heterocycles. The predicted molar refractivity (Wildman–Crippen MR) is 101 cm³/mol. The first-order chi connectivity index (χ1) is 11.7. The highest BCUT2D eigenvalue weighted by atomic mass is 16.5. The molecule has 0 bridgehead atoms. The van der Waals surface area contributed by atoms with E-state index in [2.05, 4.69) is 38.1 Å². The molecular weight excluding hydrogens is 296 g/mol. The van der Waals surface area contributed by atoms with Gasteiger partial charge < -0.3 is 4.74 Å². The first-order valence-corrected chi connectivity index (χ1v) is 8.82. The highest BCUT2D eigenvalue weighted by molar-refractivity contribution is 6.07. The zero-order valence-electron chi connectivity index (χ0n) is 14.5. The highest BCUT2D eigenvalue weighted by Gasteiger charge is 2.14. The van der Waals surface area contributed by atoms with E-state index in [1.165, 1.54) is 12.8 Å². The third kappa shape index (κ3) is 3.43. The molecule has 0 saturated heterocycles. The van der Waals surface area contributed by atoms with Crippen molar-refractivity contribution in [2.75, 3.05) is 0 Å². The van der Waals surface area contributed by atoms with Crippen LogP contribution >= 0.6 is 0 Å². The quantitative estimate of drug-likeness (QED) is 0.235. The maximum Gasteiger partial charge on any atom is 0.311 e. The fourth-order valence-corrected chi connectivity index (χ4v) is 3.22. The number of hydrogen-bond donors (Lipinski definition) is 0. The molecule has 0 N–H and O–H groups in total. The minimum atomic E-state index is -0.132. The molecule has 0 aliphatic rings. The Hall–Kier alpha value is -2.35. The molecule has 24 heavy (non-hydrogen) atoms. The lowest BCUT2D eigenvalue weighted by molar-refractivity contribution is -0.134. The number of hydrogen-bond acceptors (Lipinski definition) is 2. The summed E-state index contributed by atoms with van der Waals surface area (Å²) in [7, 11) is 0. The molecule has 0 atom stereocenters. The molecule has 0 saturated carbocycles. The van der Waals surface area contributed by atoms with Gasteiger partial charge in [0.25, 0.3) is 0 Å². The Bertz CT molecular complexity index is 864. The van der Waals surface area contributed by atoms with Crippen LogP contribution in [0, 0.1) is 6.92 Å². The molecule has 3 aromatic carbocycles. The molecule has 2 nitrogen and oxygen atoms in total. The van der Waals surface area contributed by atoms with Crippen molar-refractivity contribution in [3.8, 4) is 5.75 Å². The number of rotatable bonds is 6. The van der Waals surface area contributed by atoms with Gasteiger partial charge in [0.2, 0.25) is 0 Å². The SMILES string of the molecule is CCCCCCC(=O)Oc1c2ccccc2cc2cccc(C)c12. The van der Waals surface area contributed by atoms with Crippen LogP contribution in [-0.4, -0.2) is 5.97 Å². The zero-order valence-corrected chi connectivity index (χ0v) is 14.5. The van der Waals surface area contributed by atoms with E-state index in [-0.39, 0.29) is 5.97 Å². The van der Waals surface area contributed by atoms with Crippen LogP contribution < -0.4 is 4.74 Å². The maximum atomic E-state index is 12.4. The van der Waals surface area contributed by atoms with Gasteiger partial charge in [-0.2, -0.15) is 0 Å². The summed E-state index contributed by atoms with van der Waals surface area (Å²) in [5.41, 5.74) is 1.13. The summed E-state index contributed by atoms with van der Waals surface area (Å²) >= 11 is 0. The lowest BCUT2D eigenvalue weighted by Crippen LogP contribution is -2.08. The third-order valence-electron chi connectivity index (χ3n) is 4.50. The van der Waals surface area contributed by atoms with Crippen LogP contribution in [0.2, 0.25) is 0 Å². The molecule has 0 unspecified atom stereocenters. The second kappa shape index (κ2) is 7.48. The van der Waals surface area contributed by atoms with Gasteiger partial charge in [-0.05, 0) is 35.7 Å². The molecular formula is C22H24O2.